The second kappa shape index (κ2) is 11.6. The fourth-order valence-corrected chi connectivity index (χ4v) is 4.91. The molecule has 0 amide bonds. The molecule has 4 nitrogen and oxygen atoms in total. The number of pyridine rings is 1. The fraction of sp³-hybridized carbons (Fsp3) is 0.152. The molecule has 0 aliphatic rings. The van der Waals surface area contributed by atoms with Crippen LogP contribution in [0, 0.1) is 0 Å². The van der Waals surface area contributed by atoms with Crippen LogP contribution in [-0.2, 0) is 30.4 Å². The third-order valence-electron chi connectivity index (χ3n) is 6.79. The summed E-state index contributed by atoms with van der Waals surface area (Å²) in [5.74, 6) is -0.840. The molecule has 40 heavy (non-hydrogen) atoms. The molecule has 1 heterocycles. The van der Waals surface area contributed by atoms with E-state index in [4.69, 9.17) is 5.11 Å². The highest BCUT2D eigenvalue weighted by molar-refractivity contribution is 5.98. The predicted molar refractivity (Wildman–Crippen MR) is 151 cm³/mol. The number of hydrogen-bond donors (Lipinski definition) is 2. The smallest absolute Gasteiger partial charge is 0.418 e. The Bertz CT molecular complexity index is 1650. The Balaban J connectivity index is 1.51. The minimum absolute atomic E-state index is 0.0623. The number of carboxylic acid groups (broad SMARTS) is 1. The van der Waals surface area contributed by atoms with Crippen molar-refractivity contribution in [2.24, 2.45) is 0 Å². The van der Waals surface area contributed by atoms with Crippen LogP contribution in [0.25, 0.3) is 22.0 Å². The predicted octanol–water partition coefficient (Wildman–Crippen LogP) is 8.14. The first-order valence-electron chi connectivity index (χ1n) is 12.9. The Hall–Kier alpha value is -4.65. The molecule has 0 fully saturated rings. The second-order valence-corrected chi connectivity index (χ2v) is 9.67. The lowest BCUT2D eigenvalue weighted by Crippen LogP contribution is -2.07. The van der Waals surface area contributed by atoms with Crippen molar-refractivity contribution >= 4 is 22.6 Å². The summed E-state index contributed by atoms with van der Waals surface area (Å²) in [5.41, 5.74) is 5.35. The van der Waals surface area contributed by atoms with Gasteiger partial charge in [0, 0.05) is 30.2 Å². The molecule has 0 saturated carbocycles. The van der Waals surface area contributed by atoms with E-state index >= 15 is 0 Å². The Kier molecular flexibility index (Phi) is 7.82. The van der Waals surface area contributed by atoms with Gasteiger partial charge in [-0.1, -0.05) is 72.8 Å². The van der Waals surface area contributed by atoms with Crippen LogP contribution < -0.4 is 5.32 Å². The van der Waals surface area contributed by atoms with Crippen molar-refractivity contribution in [3.63, 3.8) is 0 Å². The molecule has 5 aromatic rings. The van der Waals surface area contributed by atoms with E-state index in [1.54, 1.807) is 12.3 Å². The lowest BCUT2D eigenvalue weighted by atomic mass is 9.91. The fourth-order valence-electron chi connectivity index (χ4n) is 4.91. The number of fused-ring (bicyclic) bond motifs is 1. The van der Waals surface area contributed by atoms with E-state index in [1.807, 2.05) is 78.9 Å². The van der Waals surface area contributed by atoms with Gasteiger partial charge in [-0.15, -0.1) is 0 Å². The van der Waals surface area contributed by atoms with Crippen molar-refractivity contribution in [1.29, 1.82) is 0 Å². The van der Waals surface area contributed by atoms with Crippen LogP contribution >= 0.6 is 0 Å². The quantitative estimate of drug-likeness (QED) is 0.198. The highest BCUT2D eigenvalue weighted by Crippen LogP contribution is 2.39. The summed E-state index contributed by atoms with van der Waals surface area (Å²) < 4.78 is 41.6. The van der Waals surface area contributed by atoms with Crippen LogP contribution in [0.3, 0.4) is 0 Å². The normalized spacial score (nSPS) is 11.5. The van der Waals surface area contributed by atoms with E-state index in [0.29, 0.717) is 24.8 Å². The number of aliphatic carboxylic acids is 1. The van der Waals surface area contributed by atoms with Crippen molar-refractivity contribution in [3.05, 3.63) is 131 Å². The Morgan fingerprint density at radius 3 is 2.33 bits per heavy atom. The standard InChI is InChI=1S/C33H27F3N2O2/c34-33(35,36)29-14-6-13-28-31(26(21-38-32(28)29)17-22-7-2-1-3-8-22)25-11-4-10-24(18-25)20-37-27-12-5-9-23(19-27)15-16-30(39)40/h1-14,18-19,21,37H,15-17,20H2,(H,39,40). The number of halogens is 3. The minimum Gasteiger partial charge on any atom is -0.481 e. The molecule has 0 atom stereocenters. The summed E-state index contributed by atoms with van der Waals surface area (Å²) >= 11 is 0. The van der Waals surface area contributed by atoms with E-state index < -0.39 is 17.7 Å². The van der Waals surface area contributed by atoms with Gasteiger partial charge in [0.1, 0.15) is 0 Å². The van der Waals surface area contributed by atoms with Crippen molar-refractivity contribution in [1.82, 2.24) is 4.98 Å². The number of para-hydroxylation sites is 1. The highest BCUT2D eigenvalue weighted by atomic mass is 19.4. The third kappa shape index (κ3) is 6.31. The van der Waals surface area contributed by atoms with Gasteiger partial charge in [0.2, 0.25) is 0 Å². The molecular formula is C33H27F3N2O2. The largest absolute Gasteiger partial charge is 0.481 e. The molecule has 0 spiro atoms. The van der Waals surface area contributed by atoms with Crippen LogP contribution in [0.4, 0.5) is 18.9 Å². The van der Waals surface area contributed by atoms with Gasteiger partial charge in [0.15, 0.2) is 0 Å². The number of benzene rings is 4. The van der Waals surface area contributed by atoms with E-state index in [2.05, 4.69) is 10.3 Å². The molecule has 4 aromatic carbocycles. The molecule has 0 bridgehead atoms. The molecule has 0 radical (unpaired) electrons. The molecule has 7 heteroatoms. The number of hydrogen-bond acceptors (Lipinski definition) is 3. The number of aryl methyl sites for hydroxylation is 1. The number of nitrogens with zero attached hydrogens (tertiary/aromatic N) is 1. The summed E-state index contributed by atoms with van der Waals surface area (Å²) in [7, 11) is 0. The van der Waals surface area contributed by atoms with Crippen LogP contribution in [-0.4, -0.2) is 16.1 Å². The maximum Gasteiger partial charge on any atom is 0.418 e. The minimum atomic E-state index is -4.52. The van der Waals surface area contributed by atoms with Gasteiger partial charge in [0.25, 0.3) is 0 Å². The first kappa shape index (κ1) is 26.9. The molecule has 0 aliphatic carbocycles. The Morgan fingerprint density at radius 1 is 0.825 bits per heavy atom. The van der Waals surface area contributed by atoms with E-state index in [1.165, 1.54) is 6.07 Å². The molecule has 1 aromatic heterocycles. The summed E-state index contributed by atoms with van der Waals surface area (Å²) in [6.45, 7) is 0.487. The van der Waals surface area contributed by atoms with Crippen molar-refractivity contribution in [2.75, 3.05) is 5.32 Å². The lowest BCUT2D eigenvalue weighted by molar-refractivity contribution is -0.137. The van der Waals surface area contributed by atoms with Gasteiger partial charge in [-0.3, -0.25) is 9.78 Å². The number of carboxylic acids is 1. The second-order valence-electron chi connectivity index (χ2n) is 9.67. The zero-order valence-electron chi connectivity index (χ0n) is 21.6. The van der Waals surface area contributed by atoms with E-state index in [-0.39, 0.29) is 11.9 Å². The molecular weight excluding hydrogens is 513 g/mol. The summed E-state index contributed by atoms with van der Waals surface area (Å²) in [6, 6.07) is 29.4. The van der Waals surface area contributed by atoms with Crippen molar-refractivity contribution in [2.45, 2.75) is 32.0 Å². The van der Waals surface area contributed by atoms with E-state index in [0.717, 1.165) is 45.1 Å². The van der Waals surface area contributed by atoms with Crippen LogP contribution in [0.15, 0.2) is 103 Å². The average Bonchev–Trinajstić information content (AvgIpc) is 2.95. The van der Waals surface area contributed by atoms with Gasteiger partial charge in [-0.2, -0.15) is 13.2 Å². The number of carbonyl (C=O) groups is 1. The first-order valence-corrected chi connectivity index (χ1v) is 12.9. The van der Waals surface area contributed by atoms with Crippen LogP contribution in [0.5, 0.6) is 0 Å². The zero-order valence-corrected chi connectivity index (χ0v) is 21.6. The van der Waals surface area contributed by atoms with Gasteiger partial charge in [-0.05, 0) is 70.5 Å². The van der Waals surface area contributed by atoms with Gasteiger partial charge in [-0.25, -0.2) is 0 Å². The lowest BCUT2D eigenvalue weighted by Gasteiger charge is -2.17. The summed E-state index contributed by atoms with van der Waals surface area (Å²) in [4.78, 5) is 15.2. The summed E-state index contributed by atoms with van der Waals surface area (Å²) in [5, 5.41) is 12.8. The van der Waals surface area contributed by atoms with E-state index in [9.17, 15) is 18.0 Å². The number of nitrogens with one attached hydrogen (secondary N) is 1. The maximum atomic E-state index is 13.9. The zero-order chi connectivity index (χ0) is 28.1. The van der Waals surface area contributed by atoms with Gasteiger partial charge < -0.3 is 10.4 Å². The molecule has 202 valence electrons. The third-order valence-corrected chi connectivity index (χ3v) is 6.79. The maximum absolute atomic E-state index is 13.9. The van der Waals surface area contributed by atoms with Crippen LogP contribution in [0.2, 0.25) is 0 Å². The molecule has 0 saturated heterocycles. The van der Waals surface area contributed by atoms with Crippen LogP contribution in [0.1, 0.15) is 34.2 Å². The van der Waals surface area contributed by atoms with Crippen molar-refractivity contribution < 1.29 is 23.1 Å². The Labute approximate surface area is 230 Å². The molecule has 5 rings (SSSR count). The number of rotatable bonds is 9. The molecule has 0 unspecified atom stereocenters. The van der Waals surface area contributed by atoms with Crippen molar-refractivity contribution in [3.8, 4) is 11.1 Å². The topological polar surface area (TPSA) is 62.2 Å². The number of alkyl halides is 3. The van der Waals surface area contributed by atoms with Gasteiger partial charge in [0.05, 0.1) is 11.1 Å². The summed E-state index contributed by atoms with van der Waals surface area (Å²) in [6.07, 6.45) is -1.92. The Morgan fingerprint density at radius 2 is 1.55 bits per heavy atom. The van der Waals surface area contributed by atoms with Gasteiger partial charge >= 0.3 is 12.1 Å². The SMILES string of the molecule is O=C(O)CCc1cccc(NCc2cccc(-c3c(Cc4ccccc4)cnc4c(C(F)(F)F)cccc34)c2)c1. The monoisotopic (exact) mass is 540 g/mol. The molecule has 2 N–H and O–H groups in total. The molecule has 0 aliphatic heterocycles. The number of anilines is 1. The average molecular weight is 541 g/mol. The number of aromatic nitrogens is 1. The first-order chi connectivity index (χ1) is 19.3. The highest BCUT2D eigenvalue weighted by Gasteiger charge is 2.33.